The summed E-state index contributed by atoms with van der Waals surface area (Å²) in [7, 11) is 0. The van der Waals surface area contributed by atoms with Gasteiger partial charge in [0, 0.05) is 0 Å². The SMILES string of the molecule is O=C=NC1CCC(CC2(N=C=O)CCCCC2)CC1CC1(N=C=O)CCCCC1. The summed E-state index contributed by atoms with van der Waals surface area (Å²) in [5.41, 5.74) is -0.591. The molecule has 3 fully saturated rings. The highest BCUT2D eigenvalue weighted by Crippen LogP contribution is 2.46. The maximum absolute atomic E-state index is 11.1. The minimum absolute atomic E-state index is 0.0405. The molecular formula is C23H33N3O3. The van der Waals surface area contributed by atoms with Gasteiger partial charge in [-0.3, -0.25) is 0 Å². The van der Waals surface area contributed by atoms with Crippen LogP contribution in [0, 0.1) is 11.8 Å². The standard InChI is InChI=1S/C23H33N3O3/c27-16-24-21-8-7-19(14-22(25-17-28)9-3-1-4-10-22)13-20(21)15-23(26-18-29)11-5-2-6-12-23/h19-21H,1-15H2. The molecule has 0 aromatic heterocycles. The second-order valence-electron chi connectivity index (χ2n) is 9.61. The predicted octanol–water partition coefficient (Wildman–Crippen LogP) is 4.96. The molecule has 6 nitrogen and oxygen atoms in total. The largest absolute Gasteiger partial charge is 0.235 e. The Bertz CT molecular complexity index is 690. The van der Waals surface area contributed by atoms with E-state index in [1.807, 2.05) is 12.2 Å². The van der Waals surface area contributed by atoms with Crippen LogP contribution in [-0.2, 0) is 14.4 Å². The number of carbonyl (C=O) groups excluding carboxylic acids is 3. The van der Waals surface area contributed by atoms with Gasteiger partial charge in [-0.05, 0) is 69.6 Å². The van der Waals surface area contributed by atoms with Gasteiger partial charge in [-0.2, -0.15) is 9.98 Å². The molecule has 6 heteroatoms. The second kappa shape index (κ2) is 10.3. The van der Waals surface area contributed by atoms with Crippen molar-refractivity contribution in [3.05, 3.63) is 0 Å². The molecule has 0 radical (unpaired) electrons. The first-order valence-electron chi connectivity index (χ1n) is 11.4. The molecule has 0 heterocycles. The number of hydrogen-bond acceptors (Lipinski definition) is 6. The van der Waals surface area contributed by atoms with Gasteiger partial charge in [-0.15, -0.1) is 0 Å². The topological polar surface area (TPSA) is 88.3 Å². The van der Waals surface area contributed by atoms with Crippen molar-refractivity contribution in [2.24, 2.45) is 26.8 Å². The molecule has 0 aliphatic heterocycles. The zero-order chi connectivity index (χ0) is 20.6. The molecule has 0 saturated heterocycles. The van der Waals surface area contributed by atoms with Gasteiger partial charge in [0.2, 0.25) is 18.2 Å². The van der Waals surface area contributed by atoms with Gasteiger partial charge in [0.15, 0.2) is 0 Å². The molecule has 3 unspecified atom stereocenters. The maximum atomic E-state index is 11.1. The van der Waals surface area contributed by atoms with Gasteiger partial charge in [0.05, 0.1) is 17.1 Å². The van der Waals surface area contributed by atoms with Crippen LogP contribution in [0.15, 0.2) is 15.0 Å². The first kappa shape index (κ1) is 21.8. The quantitative estimate of drug-likeness (QED) is 0.447. The van der Waals surface area contributed by atoms with Crippen LogP contribution < -0.4 is 0 Å². The first-order valence-corrected chi connectivity index (χ1v) is 11.4. The summed E-state index contributed by atoms with van der Waals surface area (Å²) < 4.78 is 0. The van der Waals surface area contributed by atoms with Crippen molar-refractivity contribution in [3.8, 4) is 0 Å². The minimum atomic E-state index is -0.341. The van der Waals surface area contributed by atoms with Crippen LogP contribution >= 0.6 is 0 Å². The van der Waals surface area contributed by atoms with Gasteiger partial charge < -0.3 is 0 Å². The van der Waals surface area contributed by atoms with E-state index in [0.717, 1.165) is 83.5 Å². The molecule has 0 spiro atoms. The second-order valence-corrected chi connectivity index (χ2v) is 9.61. The fraction of sp³-hybridized carbons (Fsp3) is 0.870. The molecule has 3 saturated carbocycles. The predicted molar refractivity (Wildman–Crippen MR) is 110 cm³/mol. The van der Waals surface area contributed by atoms with E-state index < -0.39 is 0 Å². The fourth-order valence-corrected chi connectivity index (χ4v) is 6.35. The molecule has 0 amide bonds. The van der Waals surface area contributed by atoms with Crippen LogP contribution in [0.4, 0.5) is 0 Å². The van der Waals surface area contributed by atoms with Gasteiger partial charge in [0.1, 0.15) is 0 Å². The molecule has 0 aromatic carbocycles. The lowest BCUT2D eigenvalue weighted by molar-refractivity contribution is 0.134. The summed E-state index contributed by atoms with van der Waals surface area (Å²) in [5.74, 6) is 0.667. The van der Waals surface area contributed by atoms with Gasteiger partial charge >= 0.3 is 0 Å². The van der Waals surface area contributed by atoms with Crippen LogP contribution in [0.1, 0.15) is 96.3 Å². The molecule has 0 aromatic rings. The van der Waals surface area contributed by atoms with E-state index in [1.54, 1.807) is 6.08 Å². The van der Waals surface area contributed by atoms with E-state index in [9.17, 15) is 14.4 Å². The van der Waals surface area contributed by atoms with Crippen molar-refractivity contribution in [1.29, 1.82) is 0 Å². The summed E-state index contributed by atoms with van der Waals surface area (Å²) in [6, 6.07) is -0.0405. The average Bonchev–Trinajstić information content (AvgIpc) is 2.72. The molecular weight excluding hydrogens is 366 g/mol. The van der Waals surface area contributed by atoms with E-state index in [0.29, 0.717) is 5.92 Å². The summed E-state index contributed by atoms with van der Waals surface area (Å²) in [5, 5.41) is 0. The molecule has 3 aliphatic carbocycles. The van der Waals surface area contributed by atoms with Gasteiger partial charge in [-0.25, -0.2) is 19.4 Å². The Kier molecular flexibility index (Phi) is 7.72. The molecule has 3 rings (SSSR count). The first-order chi connectivity index (χ1) is 14.1. The third-order valence-electron chi connectivity index (χ3n) is 7.71. The van der Waals surface area contributed by atoms with Crippen molar-refractivity contribution in [2.45, 2.75) is 113 Å². The van der Waals surface area contributed by atoms with Crippen LogP contribution in [-0.4, -0.2) is 35.4 Å². The van der Waals surface area contributed by atoms with Crippen LogP contribution in [0.2, 0.25) is 0 Å². The summed E-state index contributed by atoms with van der Waals surface area (Å²) in [4.78, 5) is 45.9. The highest BCUT2D eigenvalue weighted by molar-refractivity contribution is 5.36. The van der Waals surface area contributed by atoms with Gasteiger partial charge in [0.25, 0.3) is 0 Å². The lowest BCUT2D eigenvalue weighted by Gasteiger charge is -2.42. The minimum Gasteiger partial charge on any atom is -0.211 e. The molecule has 0 N–H and O–H groups in total. The van der Waals surface area contributed by atoms with E-state index in [1.165, 1.54) is 12.8 Å². The number of hydrogen-bond donors (Lipinski definition) is 0. The summed E-state index contributed by atoms with van der Waals surface area (Å²) in [6.45, 7) is 0. The van der Waals surface area contributed by atoms with Crippen LogP contribution in [0.5, 0.6) is 0 Å². The highest BCUT2D eigenvalue weighted by Gasteiger charge is 2.42. The third-order valence-corrected chi connectivity index (χ3v) is 7.71. The maximum Gasteiger partial charge on any atom is 0.235 e. The number of aliphatic imine (C=N–C) groups is 3. The molecule has 3 atom stereocenters. The van der Waals surface area contributed by atoms with Crippen LogP contribution in [0.25, 0.3) is 0 Å². The Hall–Kier alpha value is -1.86. The number of isocyanates is 3. The number of nitrogens with zero attached hydrogens (tertiary/aromatic N) is 3. The Morgan fingerprint density at radius 1 is 0.690 bits per heavy atom. The van der Waals surface area contributed by atoms with Crippen molar-refractivity contribution in [3.63, 3.8) is 0 Å². The monoisotopic (exact) mass is 399 g/mol. The zero-order valence-electron chi connectivity index (χ0n) is 17.4. The smallest absolute Gasteiger partial charge is 0.211 e. The van der Waals surface area contributed by atoms with E-state index in [2.05, 4.69) is 15.0 Å². The average molecular weight is 400 g/mol. The Labute approximate surface area is 173 Å². The summed E-state index contributed by atoms with van der Waals surface area (Å²) in [6.07, 6.45) is 20.5. The van der Waals surface area contributed by atoms with E-state index in [-0.39, 0.29) is 23.0 Å². The van der Waals surface area contributed by atoms with Crippen molar-refractivity contribution in [2.75, 3.05) is 0 Å². The number of rotatable bonds is 7. The Morgan fingerprint density at radius 2 is 1.24 bits per heavy atom. The zero-order valence-corrected chi connectivity index (χ0v) is 17.4. The fourth-order valence-electron chi connectivity index (χ4n) is 6.35. The van der Waals surface area contributed by atoms with Crippen molar-refractivity contribution >= 4 is 18.2 Å². The lowest BCUT2D eigenvalue weighted by Crippen LogP contribution is -2.40. The third kappa shape index (κ3) is 5.60. The van der Waals surface area contributed by atoms with E-state index in [4.69, 9.17) is 0 Å². The van der Waals surface area contributed by atoms with Crippen molar-refractivity contribution in [1.82, 2.24) is 0 Å². The van der Waals surface area contributed by atoms with Crippen molar-refractivity contribution < 1.29 is 14.4 Å². The molecule has 3 aliphatic rings. The normalized spacial score (nSPS) is 30.8. The molecule has 158 valence electrons. The van der Waals surface area contributed by atoms with E-state index >= 15 is 0 Å². The Morgan fingerprint density at radius 3 is 1.76 bits per heavy atom. The molecule has 0 bridgehead atoms. The Balaban J connectivity index is 1.75. The molecule has 29 heavy (non-hydrogen) atoms. The summed E-state index contributed by atoms with van der Waals surface area (Å²) >= 11 is 0. The van der Waals surface area contributed by atoms with Gasteiger partial charge in [-0.1, -0.05) is 38.5 Å². The van der Waals surface area contributed by atoms with Crippen LogP contribution in [0.3, 0.4) is 0 Å². The highest BCUT2D eigenvalue weighted by atomic mass is 16.1. The lowest BCUT2D eigenvalue weighted by atomic mass is 9.66.